The van der Waals surface area contributed by atoms with E-state index in [1.807, 2.05) is 0 Å². The van der Waals surface area contributed by atoms with Gasteiger partial charge in [-0.05, 0) is 49.9 Å². The Kier molecular flexibility index (Phi) is 6.74. The van der Waals surface area contributed by atoms with Crippen LogP contribution in [0.1, 0.15) is 25.7 Å². The van der Waals surface area contributed by atoms with Gasteiger partial charge >= 0.3 is 0 Å². The number of piperidine rings is 1. The maximum atomic E-state index is 12.3. The van der Waals surface area contributed by atoms with Gasteiger partial charge in [0.15, 0.2) is 6.61 Å². The van der Waals surface area contributed by atoms with Crippen LogP contribution in [0.4, 0.5) is 0 Å². The summed E-state index contributed by atoms with van der Waals surface area (Å²) < 4.78 is 11.0. The molecule has 0 radical (unpaired) electrons. The fourth-order valence-corrected chi connectivity index (χ4v) is 3.45. The zero-order chi connectivity index (χ0) is 18.4. The molecule has 2 heterocycles. The van der Waals surface area contributed by atoms with Crippen LogP contribution < -0.4 is 10.1 Å². The number of carbonyl (C=O) groups is 2. The molecule has 2 saturated heterocycles. The molecule has 3 rings (SSSR count). The quantitative estimate of drug-likeness (QED) is 0.822. The standard InChI is InChI=1S/C19H25ClN2O4/c20-15-3-5-16(6-4-15)26-13-18(23)22-9-7-14(8-10-22)19(24)21-12-17-2-1-11-25-17/h3-6,14,17H,1-2,7-13H2,(H,21,24). The van der Waals surface area contributed by atoms with Crippen molar-refractivity contribution in [2.24, 2.45) is 5.92 Å². The van der Waals surface area contributed by atoms with Crippen LogP contribution in [-0.2, 0) is 14.3 Å². The summed E-state index contributed by atoms with van der Waals surface area (Å²) in [4.78, 5) is 26.3. The molecular formula is C19H25ClN2O4. The first-order valence-electron chi connectivity index (χ1n) is 9.17. The molecule has 0 aliphatic carbocycles. The Morgan fingerprint density at radius 3 is 2.58 bits per heavy atom. The number of ether oxygens (including phenoxy) is 2. The third-order valence-corrected chi connectivity index (χ3v) is 5.17. The predicted molar refractivity (Wildman–Crippen MR) is 98.2 cm³/mol. The lowest BCUT2D eigenvalue weighted by molar-refractivity contribution is -0.137. The van der Waals surface area contributed by atoms with E-state index in [1.165, 1.54) is 0 Å². The Morgan fingerprint density at radius 1 is 1.19 bits per heavy atom. The van der Waals surface area contributed by atoms with Crippen molar-refractivity contribution in [3.8, 4) is 5.75 Å². The van der Waals surface area contributed by atoms with E-state index in [0.29, 0.717) is 43.2 Å². The van der Waals surface area contributed by atoms with Crippen molar-refractivity contribution in [3.63, 3.8) is 0 Å². The van der Waals surface area contributed by atoms with E-state index >= 15 is 0 Å². The number of nitrogens with zero attached hydrogens (tertiary/aromatic N) is 1. The maximum absolute atomic E-state index is 12.3. The molecule has 2 amide bonds. The molecule has 1 aromatic rings. The largest absolute Gasteiger partial charge is 0.484 e. The fraction of sp³-hybridized carbons (Fsp3) is 0.579. The molecule has 2 aliphatic rings. The van der Waals surface area contributed by atoms with Crippen LogP contribution in [0.2, 0.25) is 5.02 Å². The monoisotopic (exact) mass is 380 g/mol. The van der Waals surface area contributed by atoms with E-state index in [4.69, 9.17) is 21.1 Å². The summed E-state index contributed by atoms with van der Waals surface area (Å²) in [5, 5.41) is 3.61. The number of likely N-dealkylation sites (tertiary alicyclic amines) is 1. The molecule has 0 aromatic heterocycles. The fourth-order valence-electron chi connectivity index (χ4n) is 3.32. The van der Waals surface area contributed by atoms with E-state index in [1.54, 1.807) is 29.2 Å². The molecule has 1 atom stereocenters. The maximum Gasteiger partial charge on any atom is 0.260 e. The molecule has 0 spiro atoms. The minimum Gasteiger partial charge on any atom is -0.484 e. The zero-order valence-corrected chi connectivity index (χ0v) is 15.5. The van der Waals surface area contributed by atoms with Gasteiger partial charge in [0.1, 0.15) is 5.75 Å². The number of carbonyl (C=O) groups excluding carboxylic acids is 2. The smallest absolute Gasteiger partial charge is 0.260 e. The second-order valence-electron chi connectivity index (χ2n) is 6.78. The molecule has 1 aromatic carbocycles. The number of halogens is 1. The Hall–Kier alpha value is -1.79. The lowest BCUT2D eigenvalue weighted by Gasteiger charge is -2.31. The van der Waals surface area contributed by atoms with Crippen molar-refractivity contribution >= 4 is 23.4 Å². The topological polar surface area (TPSA) is 67.9 Å². The highest BCUT2D eigenvalue weighted by Crippen LogP contribution is 2.19. The van der Waals surface area contributed by atoms with Gasteiger partial charge in [-0.1, -0.05) is 11.6 Å². The van der Waals surface area contributed by atoms with Crippen LogP contribution in [0.15, 0.2) is 24.3 Å². The highest BCUT2D eigenvalue weighted by Gasteiger charge is 2.28. The Morgan fingerprint density at radius 2 is 1.92 bits per heavy atom. The summed E-state index contributed by atoms with van der Waals surface area (Å²) in [6.07, 6.45) is 3.61. The van der Waals surface area contributed by atoms with Gasteiger partial charge in [-0.25, -0.2) is 0 Å². The van der Waals surface area contributed by atoms with Crippen molar-refractivity contribution in [1.82, 2.24) is 10.2 Å². The van der Waals surface area contributed by atoms with Crippen molar-refractivity contribution in [3.05, 3.63) is 29.3 Å². The van der Waals surface area contributed by atoms with Crippen LogP contribution in [0.3, 0.4) is 0 Å². The molecule has 26 heavy (non-hydrogen) atoms. The summed E-state index contributed by atoms with van der Waals surface area (Å²) >= 11 is 5.82. The Balaban J connectivity index is 1.36. The lowest BCUT2D eigenvalue weighted by atomic mass is 9.96. The van der Waals surface area contributed by atoms with Gasteiger partial charge in [-0.2, -0.15) is 0 Å². The van der Waals surface area contributed by atoms with Gasteiger partial charge in [0.25, 0.3) is 5.91 Å². The zero-order valence-electron chi connectivity index (χ0n) is 14.8. The van der Waals surface area contributed by atoms with E-state index < -0.39 is 0 Å². The van der Waals surface area contributed by atoms with Gasteiger partial charge in [0.2, 0.25) is 5.91 Å². The molecule has 6 nitrogen and oxygen atoms in total. The first-order chi connectivity index (χ1) is 12.6. The van der Waals surface area contributed by atoms with E-state index in [-0.39, 0.29) is 30.4 Å². The van der Waals surface area contributed by atoms with Gasteiger partial charge in [0, 0.05) is 37.2 Å². The molecular weight excluding hydrogens is 356 g/mol. The van der Waals surface area contributed by atoms with Crippen molar-refractivity contribution in [1.29, 1.82) is 0 Å². The van der Waals surface area contributed by atoms with E-state index in [0.717, 1.165) is 19.4 Å². The molecule has 0 saturated carbocycles. The van der Waals surface area contributed by atoms with Gasteiger partial charge < -0.3 is 19.7 Å². The lowest BCUT2D eigenvalue weighted by Crippen LogP contribution is -2.45. The molecule has 2 fully saturated rings. The van der Waals surface area contributed by atoms with Crippen LogP contribution in [-0.4, -0.2) is 55.7 Å². The van der Waals surface area contributed by atoms with E-state index in [2.05, 4.69) is 5.32 Å². The number of hydrogen-bond acceptors (Lipinski definition) is 4. The molecule has 7 heteroatoms. The van der Waals surface area contributed by atoms with Gasteiger partial charge in [0.05, 0.1) is 6.10 Å². The molecule has 2 aliphatic heterocycles. The second-order valence-corrected chi connectivity index (χ2v) is 7.21. The number of hydrogen-bond donors (Lipinski definition) is 1. The van der Waals surface area contributed by atoms with Crippen LogP contribution >= 0.6 is 11.6 Å². The third-order valence-electron chi connectivity index (χ3n) is 4.92. The summed E-state index contributed by atoms with van der Waals surface area (Å²) in [5.74, 6) is 0.604. The molecule has 0 bridgehead atoms. The molecule has 1 N–H and O–H groups in total. The average molecular weight is 381 g/mol. The molecule has 1 unspecified atom stereocenters. The number of rotatable bonds is 6. The van der Waals surface area contributed by atoms with Crippen molar-refractivity contribution < 1.29 is 19.1 Å². The number of amides is 2. The number of nitrogens with one attached hydrogen (secondary N) is 1. The average Bonchev–Trinajstić information content (AvgIpc) is 3.19. The summed E-state index contributed by atoms with van der Waals surface area (Å²) in [5.41, 5.74) is 0. The minimum absolute atomic E-state index is 0.00247. The van der Waals surface area contributed by atoms with Crippen molar-refractivity contribution in [2.45, 2.75) is 31.8 Å². The Labute approximate surface area is 158 Å². The van der Waals surface area contributed by atoms with Gasteiger partial charge in [-0.15, -0.1) is 0 Å². The first-order valence-corrected chi connectivity index (χ1v) is 9.55. The normalized spacial score (nSPS) is 20.8. The second kappa shape index (κ2) is 9.24. The summed E-state index contributed by atoms with van der Waals surface area (Å²) in [7, 11) is 0. The third kappa shape index (κ3) is 5.35. The predicted octanol–water partition coefficient (Wildman–Crippen LogP) is 2.25. The van der Waals surface area contributed by atoms with Gasteiger partial charge in [-0.3, -0.25) is 9.59 Å². The summed E-state index contributed by atoms with van der Waals surface area (Å²) in [6.45, 7) is 2.55. The minimum atomic E-state index is -0.0573. The van der Waals surface area contributed by atoms with Crippen LogP contribution in [0, 0.1) is 5.92 Å². The molecule has 142 valence electrons. The highest BCUT2D eigenvalue weighted by atomic mass is 35.5. The van der Waals surface area contributed by atoms with Crippen LogP contribution in [0.5, 0.6) is 5.75 Å². The first kappa shape index (κ1) is 19.0. The highest BCUT2D eigenvalue weighted by molar-refractivity contribution is 6.30. The Bertz CT molecular complexity index is 608. The van der Waals surface area contributed by atoms with Crippen molar-refractivity contribution in [2.75, 3.05) is 32.8 Å². The SMILES string of the molecule is O=C(NCC1CCCO1)C1CCN(C(=O)COc2ccc(Cl)cc2)CC1. The van der Waals surface area contributed by atoms with E-state index in [9.17, 15) is 9.59 Å². The number of benzene rings is 1. The van der Waals surface area contributed by atoms with Crippen LogP contribution in [0.25, 0.3) is 0 Å². The summed E-state index contributed by atoms with van der Waals surface area (Å²) in [6, 6.07) is 6.92.